The molecule has 0 atom stereocenters. The molecule has 0 N–H and O–H groups in total. The van der Waals surface area contributed by atoms with Crippen LogP contribution in [0.3, 0.4) is 0 Å². The molecule has 3 rings (SSSR count). The highest BCUT2D eigenvalue weighted by atomic mass is 35.5. The van der Waals surface area contributed by atoms with E-state index < -0.39 is 0 Å². The normalized spacial score (nSPS) is 9.38. The van der Waals surface area contributed by atoms with Crippen molar-refractivity contribution in [3.8, 4) is 23.0 Å². The molecule has 0 unspecified atom stereocenters. The van der Waals surface area contributed by atoms with E-state index in [1.807, 2.05) is 18.4 Å². The second-order valence-electron chi connectivity index (χ2n) is 4.09. The Hall–Kier alpha value is -2.29. The van der Waals surface area contributed by atoms with Gasteiger partial charge in [-0.2, -0.15) is 0 Å². The maximum Gasteiger partial charge on any atom is 0.124 e. The zero-order valence-corrected chi connectivity index (χ0v) is 12.8. The molecule has 104 valence electrons. The molecule has 0 saturated heterocycles. The van der Waals surface area contributed by atoms with E-state index >= 15 is 0 Å². The molecule has 0 aromatic carbocycles. The molecule has 3 heterocycles. The van der Waals surface area contributed by atoms with Crippen LogP contribution in [0.2, 0.25) is 0 Å². The first-order valence-corrected chi connectivity index (χ1v) is 6.84. The van der Waals surface area contributed by atoms with Crippen molar-refractivity contribution in [1.29, 1.82) is 0 Å². The van der Waals surface area contributed by atoms with E-state index in [-0.39, 0.29) is 12.4 Å². The van der Waals surface area contributed by atoms with Gasteiger partial charge in [0.15, 0.2) is 0 Å². The summed E-state index contributed by atoms with van der Waals surface area (Å²) in [6.45, 7) is 1.97. The van der Waals surface area contributed by atoms with Crippen LogP contribution in [0.15, 0.2) is 42.6 Å². The van der Waals surface area contributed by atoms with Crippen LogP contribution < -0.4 is 0 Å². The number of aromatic nitrogens is 4. The molecule has 0 aliphatic carbocycles. The molecule has 0 aliphatic heterocycles. The molecule has 0 aliphatic rings. The number of nitrogens with zero attached hydrogens (tertiary/aromatic N) is 4. The van der Waals surface area contributed by atoms with Crippen molar-refractivity contribution >= 4 is 23.7 Å². The minimum atomic E-state index is 0. The van der Waals surface area contributed by atoms with Crippen molar-refractivity contribution < 1.29 is 0 Å². The summed E-state index contributed by atoms with van der Waals surface area (Å²) < 4.78 is 0. The van der Waals surface area contributed by atoms with Crippen LogP contribution in [-0.2, 0) is 0 Å². The molecule has 6 heteroatoms. The van der Waals surface area contributed by atoms with Crippen molar-refractivity contribution in [1.82, 2.24) is 19.9 Å². The number of aryl methyl sites for hydroxylation is 1. The van der Waals surface area contributed by atoms with Gasteiger partial charge in [-0.25, -0.2) is 15.0 Å². The molecule has 0 radical (unpaired) electrons. The highest BCUT2D eigenvalue weighted by Gasteiger charge is 1.99. The Labute approximate surface area is 132 Å². The van der Waals surface area contributed by atoms with E-state index in [9.17, 15) is 0 Å². The first kappa shape index (κ1) is 15.1. The number of pyridine rings is 1. The molecule has 3 aromatic rings. The third-order valence-corrected chi connectivity index (χ3v) is 3.36. The number of hydrogen-bond acceptors (Lipinski definition) is 5. The van der Waals surface area contributed by atoms with Gasteiger partial charge in [-0.3, -0.25) is 4.98 Å². The van der Waals surface area contributed by atoms with Gasteiger partial charge in [0.05, 0.1) is 5.01 Å². The zero-order valence-electron chi connectivity index (χ0n) is 11.1. The molecule has 0 fully saturated rings. The highest BCUT2D eigenvalue weighted by molar-refractivity contribution is 7.09. The summed E-state index contributed by atoms with van der Waals surface area (Å²) >= 11 is 1.59. The van der Waals surface area contributed by atoms with Crippen LogP contribution in [-0.4, -0.2) is 19.9 Å². The number of thiazole rings is 1. The summed E-state index contributed by atoms with van der Waals surface area (Å²) in [5.41, 5.74) is 3.51. The second-order valence-corrected chi connectivity index (χ2v) is 5.15. The lowest BCUT2D eigenvalue weighted by atomic mass is 10.1. The van der Waals surface area contributed by atoms with E-state index in [4.69, 9.17) is 0 Å². The van der Waals surface area contributed by atoms with E-state index in [0.717, 1.165) is 27.4 Å². The Morgan fingerprint density at radius 3 is 2.43 bits per heavy atom. The van der Waals surface area contributed by atoms with Crippen LogP contribution in [0.25, 0.3) is 11.1 Å². The van der Waals surface area contributed by atoms with Crippen LogP contribution in [0.1, 0.15) is 16.3 Å². The molecule has 3 aromatic heterocycles. The predicted molar refractivity (Wildman–Crippen MR) is 85.3 cm³/mol. The van der Waals surface area contributed by atoms with Gasteiger partial charge in [0.1, 0.15) is 12.0 Å². The maximum atomic E-state index is 4.31. The van der Waals surface area contributed by atoms with E-state index in [0.29, 0.717) is 0 Å². The standard InChI is InChI=1S/C15H10N4S.ClH/c1-11-19-15(9-20-11)3-2-12-4-13(6-16-5-12)14-7-17-10-18-8-14;/h4-10H,1H3;1H. The van der Waals surface area contributed by atoms with Gasteiger partial charge in [0.2, 0.25) is 0 Å². The summed E-state index contributed by atoms with van der Waals surface area (Å²) in [5, 5.41) is 2.97. The van der Waals surface area contributed by atoms with Crippen molar-refractivity contribution in [3.63, 3.8) is 0 Å². The minimum Gasteiger partial charge on any atom is -0.263 e. The van der Waals surface area contributed by atoms with Gasteiger partial charge in [-0.05, 0) is 18.9 Å². The molecule has 0 amide bonds. The van der Waals surface area contributed by atoms with Crippen molar-refractivity contribution in [3.05, 3.63) is 58.8 Å². The molecular formula is C15H11ClN4S. The van der Waals surface area contributed by atoms with Gasteiger partial charge in [0, 0.05) is 46.9 Å². The van der Waals surface area contributed by atoms with Gasteiger partial charge in [-0.1, -0.05) is 5.92 Å². The maximum absolute atomic E-state index is 4.31. The van der Waals surface area contributed by atoms with E-state index in [1.165, 1.54) is 6.33 Å². The van der Waals surface area contributed by atoms with Crippen LogP contribution in [0, 0.1) is 18.8 Å². The van der Waals surface area contributed by atoms with Crippen LogP contribution >= 0.6 is 23.7 Å². The fraction of sp³-hybridized carbons (Fsp3) is 0.0667. The Bertz CT molecular complexity index is 790. The highest BCUT2D eigenvalue weighted by Crippen LogP contribution is 2.16. The van der Waals surface area contributed by atoms with Crippen molar-refractivity contribution in [2.45, 2.75) is 6.92 Å². The lowest BCUT2D eigenvalue weighted by Crippen LogP contribution is -1.85. The zero-order chi connectivity index (χ0) is 13.8. The lowest BCUT2D eigenvalue weighted by molar-refractivity contribution is 1.17. The Morgan fingerprint density at radius 1 is 0.952 bits per heavy atom. The van der Waals surface area contributed by atoms with E-state index in [2.05, 4.69) is 31.8 Å². The Balaban J connectivity index is 0.00000161. The average Bonchev–Trinajstić information content (AvgIpc) is 2.92. The fourth-order valence-corrected chi connectivity index (χ4v) is 2.22. The Morgan fingerprint density at radius 2 is 1.71 bits per heavy atom. The van der Waals surface area contributed by atoms with Crippen LogP contribution in [0.4, 0.5) is 0 Å². The first-order valence-electron chi connectivity index (χ1n) is 5.96. The summed E-state index contributed by atoms with van der Waals surface area (Å²) in [7, 11) is 0. The summed E-state index contributed by atoms with van der Waals surface area (Å²) in [6.07, 6.45) is 8.53. The number of hydrogen-bond donors (Lipinski definition) is 0. The third kappa shape index (κ3) is 3.85. The van der Waals surface area contributed by atoms with Gasteiger partial charge in [-0.15, -0.1) is 23.7 Å². The van der Waals surface area contributed by atoms with Crippen molar-refractivity contribution in [2.24, 2.45) is 0 Å². The third-order valence-electron chi connectivity index (χ3n) is 2.59. The number of halogens is 1. The predicted octanol–water partition coefficient (Wildman–Crippen LogP) is 3.13. The van der Waals surface area contributed by atoms with Crippen LogP contribution in [0.5, 0.6) is 0 Å². The second kappa shape index (κ2) is 6.93. The summed E-state index contributed by atoms with van der Waals surface area (Å²) in [4.78, 5) is 16.5. The van der Waals surface area contributed by atoms with Gasteiger partial charge < -0.3 is 0 Å². The largest absolute Gasteiger partial charge is 0.263 e. The minimum absolute atomic E-state index is 0. The molecular weight excluding hydrogens is 304 g/mol. The number of rotatable bonds is 1. The Kier molecular flexibility index (Phi) is 4.99. The fourth-order valence-electron chi connectivity index (χ4n) is 1.67. The molecule has 0 spiro atoms. The quantitative estimate of drug-likeness (QED) is 0.648. The topological polar surface area (TPSA) is 51.6 Å². The van der Waals surface area contributed by atoms with Crippen molar-refractivity contribution in [2.75, 3.05) is 0 Å². The monoisotopic (exact) mass is 314 g/mol. The summed E-state index contributed by atoms with van der Waals surface area (Å²) in [5.74, 6) is 6.11. The molecule has 21 heavy (non-hydrogen) atoms. The van der Waals surface area contributed by atoms with Gasteiger partial charge in [0.25, 0.3) is 0 Å². The average molecular weight is 315 g/mol. The first-order chi connectivity index (χ1) is 9.81. The smallest absolute Gasteiger partial charge is 0.124 e. The lowest BCUT2D eigenvalue weighted by Gasteiger charge is -1.99. The molecule has 0 saturated carbocycles. The van der Waals surface area contributed by atoms with Gasteiger partial charge >= 0.3 is 0 Å². The molecule has 4 nitrogen and oxygen atoms in total. The SMILES string of the molecule is Cc1nc(C#Cc2cncc(-c3cncnc3)c2)cs1.Cl. The van der Waals surface area contributed by atoms with E-state index in [1.54, 1.807) is 36.1 Å². The molecule has 0 bridgehead atoms. The summed E-state index contributed by atoms with van der Waals surface area (Å²) in [6, 6.07) is 1.97.